The van der Waals surface area contributed by atoms with Gasteiger partial charge in [-0.05, 0) is 55.7 Å². The van der Waals surface area contributed by atoms with Gasteiger partial charge in [-0.2, -0.15) is 0 Å². The largest absolute Gasteiger partial charge is 0.349 e. The van der Waals surface area contributed by atoms with Crippen molar-refractivity contribution in [2.45, 2.75) is 20.3 Å². The highest BCUT2D eigenvalue weighted by molar-refractivity contribution is 6.30. The Morgan fingerprint density at radius 3 is 2.56 bits per heavy atom. The summed E-state index contributed by atoms with van der Waals surface area (Å²) in [5.74, 6) is 0.535. The number of nitrogens with one attached hydrogen (secondary N) is 1. The summed E-state index contributed by atoms with van der Waals surface area (Å²) in [5, 5.41) is 7.83. The lowest BCUT2D eigenvalue weighted by atomic mass is 10.1. The Balaban J connectivity index is 1.66. The highest BCUT2D eigenvalue weighted by Gasteiger charge is 2.15. The Morgan fingerprint density at radius 1 is 1.12 bits per heavy atom. The van der Waals surface area contributed by atoms with Crippen molar-refractivity contribution in [1.29, 1.82) is 0 Å². The van der Waals surface area contributed by atoms with Crippen LogP contribution in [-0.4, -0.2) is 27.2 Å². The molecule has 0 aliphatic rings. The van der Waals surface area contributed by atoms with Crippen molar-refractivity contribution in [3.8, 4) is 5.69 Å². The van der Waals surface area contributed by atoms with Crippen LogP contribution in [0.2, 0.25) is 5.02 Å². The standard InChI is InChI=1S/C19H19ClN4O/c1-13-5-3-4-6-15(13)11-12-21-19(25)18-22-14(2)24(23-18)17-9-7-16(20)8-10-17/h3-10H,11-12H2,1-2H3,(H,21,25). The first kappa shape index (κ1) is 17.2. The molecular weight excluding hydrogens is 336 g/mol. The number of hydrogen-bond donors (Lipinski definition) is 1. The molecule has 1 aromatic heterocycles. The number of halogens is 1. The minimum absolute atomic E-state index is 0.164. The molecule has 128 valence electrons. The summed E-state index contributed by atoms with van der Waals surface area (Å²) in [5.41, 5.74) is 3.25. The van der Waals surface area contributed by atoms with Crippen molar-refractivity contribution in [1.82, 2.24) is 20.1 Å². The van der Waals surface area contributed by atoms with Crippen LogP contribution in [0.3, 0.4) is 0 Å². The molecule has 6 heteroatoms. The minimum Gasteiger partial charge on any atom is -0.349 e. The lowest BCUT2D eigenvalue weighted by Crippen LogP contribution is -2.27. The molecule has 2 aromatic carbocycles. The summed E-state index contributed by atoms with van der Waals surface area (Å²) < 4.78 is 1.63. The number of nitrogens with zero attached hydrogens (tertiary/aromatic N) is 3. The van der Waals surface area contributed by atoms with Crippen LogP contribution in [0.15, 0.2) is 48.5 Å². The second-order valence-corrected chi connectivity index (χ2v) is 6.24. The van der Waals surface area contributed by atoms with Crippen LogP contribution in [0.1, 0.15) is 27.6 Å². The van der Waals surface area contributed by atoms with Gasteiger partial charge in [0.2, 0.25) is 5.82 Å². The fraction of sp³-hybridized carbons (Fsp3) is 0.211. The quantitative estimate of drug-likeness (QED) is 0.762. The van der Waals surface area contributed by atoms with Gasteiger partial charge in [0, 0.05) is 11.6 Å². The van der Waals surface area contributed by atoms with Crippen LogP contribution in [-0.2, 0) is 6.42 Å². The Hall–Kier alpha value is -2.66. The summed E-state index contributed by atoms with van der Waals surface area (Å²) in [6.07, 6.45) is 0.773. The highest BCUT2D eigenvalue weighted by Crippen LogP contribution is 2.14. The Bertz CT molecular complexity index is 887. The van der Waals surface area contributed by atoms with E-state index in [0.717, 1.165) is 12.1 Å². The molecule has 1 amide bonds. The second kappa shape index (κ2) is 7.49. The third kappa shape index (κ3) is 4.06. The molecule has 0 unspecified atom stereocenters. The van der Waals surface area contributed by atoms with E-state index in [-0.39, 0.29) is 11.7 Å². The lowest BCUT2D eigenvalue weighted by Gasteiger charge is -2.06. The van der Waals surface area contributed by atoms with Crippen LogP contribution >= 0.6 is 11.6 Å². The number of hydrogen-bond acceptors (Lipinski definition) is 3. The summed E-state index contributed by atoms with van der Waals surface area (Å²) in [7, 11) is 0. The lowest BCUT2D eigenvalue weighted by molar-refractivity contribution is 0.0944. The monoisotopic (exact) mass is 354 g/mol. The molecule has 5 nitrogen and oxygen atoms in total. The number of aromatic nitrogens is 3. The maximum absolute atomic E-state index is 12.3. The number of carbonyl (C=O) groups excluding carboxylic acids is 1. The molecule has 3 aromatic rings. The van der Waals surface area contributed by atoms with Crippen molar-refractivity contribution in [3.63, 3.8) is 0 Å². The van der Waals surface area contributed by atoms with Gasteiger partial charge < -0.3 is 5.32 Å². The fourth-order valence-corrected chi connectivity index (χ4v) is 2.72. The SMILES string of the molecule is Cc1ccccc1CCNC(=O)c1nc(C)n(-c2ccc(Cl)cc2)n1. The summed E-state index contributed by atoms with van der Waals surface area (Å²) in [6.45, 7) is 4.42. The van der Waals surface area contributed by atoms with E-state index in [1.54, 1.807) is 16.8 Å². The molecule has 1 heterocycles. The number of benzene rings is 2. The number of carbonyl (C=O) groups is 1. The van der Waals surface area contributed by atoms with Crippen LogP contribution in [0.5, 0.6) is 0 Å². The maximum Gasteiger partial charge on any atom is 0.290 e. The smallest absolute Gasteiger partial charge is 0.290 e. The molecule has 25 heavy (non-hydrogen) atoms. The first-order chi connectivity index (χ1) is 12.0. The van der Waals surface area contributed by atoms with Crippen molar-refractivity contribution >= 4 is 17.5 Å². The Morgan fingerprint density at radius 2 is 1.84 bits per heavy atom. The number of amides is 1. The highest BCUT2D eigenvalue weighted by atomic mass is 35.5. The van der Waals surface area contributed by atoms with Gasteiger partial charge in [0.25, 0.3) is 5.91 Å². The summed E-state index contributed by atoms with van der Waals surface area (Å²) >= 11 is 5.90. The molecule has 0 saturated carbocycles. The van der Waals surface area contributed by atoms with Gasteiger partial charge in [-0.3, -0.25) is 4.79 Å². The summed E-state index contributed by atoms with van der Waals surface area (Å²) in [4.78, 5) is 16.6. The van der Waals surface area contributed by atoms with Crippen LogP contribution < -0.4 is 5.32 Å². The zero-order valence-electron chi connectivity index (χ0n) is 14.2. The van der Waals surface area contributed by atoms with Gasteiger partial charge in [0.1, 0.15) is 5.82 Å². The van der Waals surface area contributed by atoms with Gasteiger partial charge in [-0.25, -0.2) is 9.67 Å². The first-order valence-electron chi connectivity index (χ1n) is 8.07. The van der Waals surface area contributed by atoms with E-state index >= 15 is 0 Å². The number of rotatable bonds is 5. The zero-order chi connectivity index (χ0) is 17.8. The Labute approximate surface area is 151 Å². The van der Waals surface area contributed by atoms with Crippen molar-refractivity contribution in [3.05, 3.63) is 76.3 Å². The normalized spacial score (nSPS) is 10.7. The number of aryl methyl sites for hydroxylation is 2. The van der Waals surface area contributed by atoms with Crippen molar-refractivity contribution in [2.75, 3.05) is 6.54 Å². The van der Waals surface area contributed by atoms with Gasteiger partial charge in [0.05, 0.1) is 5.69 Å². The van der Waals surface area contributed by atoms with Gasteiger partial charge in [0.15, 0.2) is 0 Å². The average Bonchev–Trinajstić information content (AvgIpc) is 2.99. The molecule has 0 aliphatic carbocycles. The van der Waals surface area contributed by atoms with Gasteiger partial charge >= 0.3 is 0 Å². The molecule has 0 aliphatic heterocycles. The molecule has 1 N–H and O–H groups in total. The van der Waals surface area contributed by atoms with Crippen molar-refractivity contribution in [2.24, 2.45) is 0 Å². The molecule has 3 rings (SSSR count). The van der Waals surface area contributed by atoms with Crippen LogP contribution in [0, 0.1) is 13.8 Å². The van der Waals surface area contributed by atoms with E-state index in [9.17, 15) is 4.79 Å². The van der Waals surface area contributed by atoms with E-state index in [2.05, 4.69) is 34.5 Å². The van der Waals surface area contributed by atoms with Gasteiger partial charge in [-0.15, -0.1) is 5.10 Å². The zero-order valence-corrected chi connectivity index (χ0v) is 14.9. The molecule has 0 spiro atoms. The molecule has 0 bridgehead atoms. The predicted octanol–water partition coefficient (Wildman–Crippen LogP) is 3.51. The topological polar surface area (TPSA) is 59.8 Å². The molecule has 0 atom stereocenters. The molecule has 0 fully saturated rings. The summed E-state index contributed by atoms with van der Waals surface area (Å²) in [6, 6.07) is 15.4. The maximum atomic E-state index is 12.3. The van der Waals surface area contributed by atoms with E-state index in [1.165, 1.54) is 11.1 Å². The van der Waals surface area contributed by atoms with Gasteiger partial charge in [-0.1, -0.05) is 35.9 Å². The minimum atomic E-state index is -0.274. The van der Waals surface area contributed by atoms with E-state index < -0.39 is 0 Å². The molecular formula is C19H19ClN4O. The van der Waals surface area contributed by atoms with Crippen LogP contribution in [0.25, 0.3) is 5.69 Å². The van der Waals surface area contributed by atoms with E-state index in [1.807, 2.05) is 31.2 Å². The van der Waals surface area contributed by atoms with E-state index in [0.29, 0.717) is 17.4 Å². The molecule has 0 saturated heterocycles. The van der Waals surface area contributed by atoms with Crippen LogP contribution in [0.4, 0.5) is 0 Å². The molecule has 0 radical (unpaired) electrons. The fourth-order valence-electron chi connectivity index (χ4n) is 2.59. The predicted molar refractivity (Wildman–Crippen MR) is 98.3 cm³/mol. The average molecular weight is 355 g/mol. The third-order valence-corrected chi connectivity index (χ3v) is 4.24. The third-order valence-electron chi connectivity index (χ3n) is 3.98. The van der Waals surface area contributed by atoms with E-state index in [4.69, 9.17) is 11.6 Å². The van der Waals surface area contributed by atoms with Crippen molar-refractivity contribution < 1.29 is 4.79 Å². The second-order valence-electron chi connectivity index (χ2n) is 5.80. The Kier molecular flexibility index (Phi) is 5.14. The first-order valence-corrected chi connectivity index (χ1v) is 8.44.